The molecule has 1 fully saturated rings. The number of ether oxygens (including phenoxy) is 1. The first-order valence-electron chi connectivity index (χ1n) is 6.99. The van der Waals surface area contributed by atoms with Gasteiger partial charge in [0, 0.05) is 6.54 Å². The van der Waals surface area contributed by atoms with Crippen LogP contribution in [0.1, 0.15) is 53.4 Å². The fourth-order valence-corrected chi connectivity index (χ4v) is 2.48. The van der Waals surface area contributed by atoms with Gasteiger partial charge in [0.1, 0.15) is 0 Å². The quantitative estimate of drug-likeness (QED) is 0.752. The SMILES string of the molecule is CCNCC(OC1CCCC(C)C1)C(C)C. The summed E-state index contributed by atoms with van der Waals surface area (Å²) in [7, 11) is 0. The number of nitrogens with one attached hydrogen (secondary N) is 1. The Morgan fingerprint density at radius 1 is 1.31 bits per heavy atom. The minimum Gasteiger partial charge on any atom is -0.373 e. The summed E-state index contributed by atoms with van der Waals surface area (Å²) < 4.78 is 6.26. The highest BCUT2D eigenvalue weighted by Crippen LogP contribution is 2.27. The molecule has 0 spiro atoms. The van der Waals surface area contributed by atoms with E-state index >= 15 is 0 Å². The molecule has 0 bridgehead atoms. The summed E-state index contributed by atoms with van der Waals surface area (Å²) in [4.78, 5) is 0. The summed E-state index contributed by atoms with van der Waals surface area (Å²) in [5, 5.41) is 3.41. The molecule has 3 unspecified atom stereocenters. The van der Waals surface area contributed by atoms with E-state index in [4.69, 9.17) is 4.74 Å². The van der Waals surface area contributed by atoms with Crippen molar-refractivity contribution in [2.45, 2.75) is 65.6 Å². The molecule has 0 aromatic carbocycles. The van der Waals surface area contributed by atoms with Crippen LogP contribution in [0, 0.1) is 11.8 Å². The van der Waals surface area contributed by atoms with Crippen molar-refractivity contribution < 1.29 is 4.74 Å². The highest BCUT2D eigenvalue weighted by molar-refractivity contribution is 4.74. The second-order valence-corrected chi connectivity index (χ2v) is 5.62. The number of hydrogen-bond donors (Lipinski definition) is 1. The van der Waals surface area contributed by atoms with Crippen molar-refractivity contribution in [3.63, 3.8) is 0 Å². The van der Waals surface area contributed by atoms with Crippen molar-refractivity contribution in [3.8, 4) is 0 Å². The zero-order valence-electron chi connectivity index (χ0n) is 11.5. The molecule has 1 rings (SSSR count). The molecule has 0 aromatic heterocycles. The Labute approximate surface area is 101 Å². The molecule has 0 amide bonds. The van der Waals surface area contributed by atoms with Gasteiger partial charge in [-0.25, -0.2) is 0 Å². The lowest BCUT2D eigenvalue weighted by Gasteiger charge is -2.32. The molecule has 0 aliphatic heterocycles. The second-order valence-electron chi connectivity index (χ2n) is 5.62. The van der Waals surface area contributed by atoms with Gasteiger partial charge in [0.15, 0.2) is 0 Å². The summed E-state index contributed by atoms with van der Waals surface area (Å²) in [6, 6.07) is 0. The molecule has 1 N–H and O–H groups in total. The lowest BCUT2D eigenvalue weighted by atomic mass is 9.88. The molecular formula is C14H29NO. The van der Waals surface area contributed by atoms with Crippen molar-refractivity contribution in [1.29, 1.82) is 0 Å². The molecule has 0 aromatic rings. The minimum absolute atomic E-state index is 0.384. The molecule has 3 atom stereocenters. The number of hydrogen-bond acceptors (Lipinski definition) is 2. The first-order chi connectivity index (χ1) is 7.63. The second kappa shape index (κ2) is 7.29. The van der Waals surface area contributed by atoms with E-state index in [1.54, 1.807) is 0 Å². The van der Waals surface area contributed by atoms with Crippen molar-refractivity contribution in [2.24, 2.45) is 11.8 Å². The molecule has 0 heterocycles. The third-order valence-corrected chi connectivity index (χ3v) is 3.59. The summed E-state index contributed by atoms with van der Waals surface area (Å²) in [5.74, 6) is 1.46. The molecule has 2 heteroatoms. The van der Waals surface area contributed by atoms with Crippen LogP contribution in [0.2, 0.25) is 0 Å². The van der Waals surface area contributed by atoms with E-state index in [0.29, 0.717) is 18.1 Å². The molecule has 16 heavy (non-hydrogen) atoms. The van der Waals surface area contributed by atoms with Crippen LogP contribution in [0.15, 0.2) is 0 Å². The van der Waals surface area contributed by atoms with Gasteiger partial charge in [-0.15, -0.1) is 0 Å². The topological polar surface area (TPSA) is 21.3 Å². The summed E-state index contributed by atoms with van der Waals surface area (Å²) in [6.45, 7) is 11.1. The Morgan fingerprint density at radius 2 is 2.06 bits per heavy atom. The predicted molar refractivity (Wildman–Crippen MR) is 69.7 cm³/mol. The van der Waals surface area contributed by atoms with Gasteiger partial charge < -0.3 is 10.1 Å². The molecule has 1 aliphatic rings. The van der Waals surface area contributed by atoms with Gasteiger partial charge in [-0.2, -0.15) is 0 Å². The molecule has 0 saturated heterocycles. The molecule has 1 aliphatic carbocycles. The Morgan fingerprint density at radius 3 is 2.62 bits per heavy atom. The number of rotatable bonds is 6. The van der Waals surface area contributed by atoms with Crippen LogP contribution >= 0.6 is 0 Å². The van der Waals surface area contributed by atoms with Crippen molar-refractivity contribution in [3.05, 3.63) is 0 Å². The third-order valence-electron chi connectivity index (χ3n) is 3.59. The standard InChI is InChI=1S/C14H29NO/c1-5-15-10-14(11(2)3)16-13-8-6-7-12(4)9-13/h11-15H,5-10H2,1-4H3. The van der Waals surface area contributed by atoms with Crippen LogP contribution in [0.4, 0.5) is 0 Å². The highest BCUT2D eigenvalue weighted by Gasteiger charge is 2.23. The van der Waals surface area contributed by atoms with E-state index in [-0.39, 0.29) is 0 Å². The molecule has 2 nitrogen and oxygen atoms in total. The Hall–Kier alpha value is -0.0800. The van der Waals surface area contributed by atoms with Crippen LogP contribution in [-0.2, 0) is 4.74 Å². The van der Waals surface area contributed by atoms with Gasteiger partial charge >= 0.3 is 0 Å². The zero-order valence-corrected chi connectivity index (χ0v) is 11.5. The molecule has 1 saturated carbocycles. The monoisotopic (exact) mass is 227 g/mol. The van der Waals surface area contributed by atoms with Gasteiger partial charge in [-0.3, -0.25) is 0 Å². The lowest BCUT2D eigenvalue weighted by molar-refractivity contribution is -0.0568. The van der Waals surface area contributed by atoms with Crippen LogP contribution in [0.5, 0.6) is 0 Å². The maximum atomic E-state index is 6.26. The highest BCUT2D eigenvalue weighted by atomic mass is 16.5. The smallest absolute Gasteiger partial charge is 0.0726 e. The predicted octanol–water partition coefficient (Wildman–Crippen LogP) is 3.22. The van der Waals surface area contributed by atoms with E-state index in [2.05, 4.69) is 33.0 Å². The average Bonchev–Trinajstić information content (AvgIpc) is 2.24. The van der Waals surface area contributed by atoms with Crippen LogP contribution in [-0.4, -0.2) is 25.3 Å². The Balaban J connectivity index is 2.34. The summed E-state index contributed by atoms with van der Waals surface area (Å²) in [6.07, 6.45) is 6.15. The Bertz CT molecular complexity index is 182. The minimum atomic E-state index is 0.384. The lowest BCUT2D eigenvalue weighted by Crippen LogP contribution is -2.37. The van der Waals surface area contributed by atoms with Crippen LogP contribution in [0.25, 0.3) is 0 Å². The first-order valence-corrected chi connectivity index (χ1v) is 6.99. The molecular weight excluding hydrogens is 198 g/mol. The normalized spacial score (nSPS) is 28.3. The molecule has 96 valence electrons. The van der Waals surface area contributed by atoms with E-state index in [0.717, 1.165) is 19.0 Å². The third kappa shape index (κ3) is 4.84. The summed E-state index contributed by atoms with van der Waals surface area (Å²) in [5.41, 5.74) is 0. The van der Waals surface area contributed by atoms with Gasteiger partial charge in [-0.05, 0) is 31.2 Å². The maximum Gasteiger partial charge on any atom is 0.0726 e. The van der Waals surface area contributed by atoms with E-state index in [1.165, 1.54) is 25.7 Å². The van der Waals surface area contributed by atoms with Gasteiger partial charge in [-0.1, -0.05) is 40.5 Å². The van der Waals surface area contributed by atoms with E-state index in [9.17, 15) is 0 Å². The Kier molecular flexibility index (Phi) is 6.37. The van der Waals surface area contributed by atoms with E-state index in [1.807, 2.05) is 0 Å². The van der Waals surface area contributed by atoms with Crippen molar-refractivity contribution >= 4 is 0 Å². The van der Waals surface area contributed by atoms with Gasteiger partial charge in [0.2, 0.25) is 0 Å². The summed E-state index contributed by atoms with van der Waals surface area (Å²) >= 11 is 0. The van der Waals surface area contributed by atoms with Crippen molar-refractivity contribution in [1.82, 2.24) is 5.32 Å². The fourth-order valence-electron chi connectivity index (χ4n) is 2.48. The van der Waals surface area contributed by atoms with Gasteiger partial charge in [0.05, 0.1) is 12.2 Å². The average molecular weight is 227 g/mol. The zero-order chi connectivity index (χ0) is 12.0. The fraction of sp³-hybridized carbons (Fsp3) is 1.00. The maximum absolute atomic E-state index is 6.26. The van der Waals surface area contributed by atoms with Crippen LogP contribution in [0.3, 0.4) is 0 Å². The van der Waals surface area contributed by atoms with Crippen molar-refractivity contribution in [2.75, 3.05) is 13.1 Å². The first kappa shape index (κ1) is 14.0. The number of likely N-dealkylation sites (N-methyl/N-ethyl adjacent to an activating group) is 1. The largest absolute Gasteiger partial charge is 0.373 e. The molecule has 0 radical (unpaired) electrons. The van der Waals surface area contributed by atoms with Gasteiger partial charge in [0.25, 0.3) is 0 Å². The van der Waals surface area contributed by atoms with Crippen LogP contribution < -0.4 is 5.32 Å². The van der Waals surface area contributed by atoms with E-state index < -0.39 is 0 Å².